The normalized spacial score (nSPS) is 11.2. The van der Waals surface area contributed by atoms with Crippen LogP contribution in [0.1, 0.15) is 11.1 Å². The van der Waals surface area contributed by atoms with Crippen LogP contribution in [0.3, 0.4) is 0 Å². The SMILES string of the molecule is O=[N+]([O-])c1ccc(-c2ccc(C(=NO)c3ccccc3)cc2)cc1. The number of hydrogen-bond acceptors (Lipinski definition) is 4. The quantitative estimate of drug-likeness (QED) is 0.333. The first-order valence-electron chi connectivity index (χ1n) is 7.32. The lowest BCUT2D eigenvalue weighted by atomic mass is 9.99. The Morgan fingerprint density at radius 2 is 1.29 bits per heavy atom. The third kappa shape index (κ3) is 3.15. The van der Waals surface area contributed by atoms with E-state index in [0.29, 0.717) is 5.71 Å². The van der Waals surface area contributed by atoms with Crippen molar-refractivity contribution in [3.63, 3.8) is 0 Å². The summed E-state index contributed by atoms with van der Waals surface area (Å²) in [4.78, 5) is 10.3. The van der Waals surface area contributed by atoms with E-state index in [9.17, 15) is 15.3 Å². The Balaban J connectivity index is 1.89. The molecule has 0 unspecified atom stereocenters. The van der Waals surface area contributed by atoms with E-state index in [2.05, 4.69) is 5.16 Å². The molecular formula is C19H14N2O3. The zero-order valence-electron chi connectivity index (χ0n) is 12.7. The molecule has 0 atom stereocenters. The molecule has 0 aliphatic rings. The van der Waals surface area contributed by atoms with Gasteiger partial charge in [0.25, 0.3) is 5.69 Å². The third-order valence-electron chi connectivity index (χ3n) is 3.72. The van der Waals surface area contributed by atoms with Crippen LogP contribution < -0.4 is 0 Å². The number of nitro groups is 1. The first kappa shape index (κ1) is 15.4. The van der Waals surface area contributed by atoms with Gasteiger partial charge in [0.1, 0.15) is 5.71 Å². The van der Waals surface area contributed by atoms with Gasteiger partial charge < -0.3 is 5.21 Å². The van der Waals surface area contributed by atoms with Gasteiger partial charge in [-0.3, -0.25) is 10.1 Å². The molecule has 0 radical (unpaired) electrons. The molecular weight excluding hydrogens is 304 g/mol. The van der Waals surface area contributed by atoms with E-state index in [0.717, 1.165) is 22.3 Å². The molecule has 0 fully saturated rings. The van der Waals surface area contributed by atoms with Gasteiger partial charge >= 0.3 is 0 Å². The smallest absolute Gasteiger partial charge is 0.269 e. The molecule has 1 N–H and O–H groups in total. The zero-order chi connectivity index (χ0) is 16.9. The van der Waals surface area contributed by atoms with Gasteiger partial charge in [-0.15, -0.1) is 0 Å². The van der Waals surface area contributed by atoms with Crippen molar-refractivity contribution in [2.75, 3.05) is 0 Å². The molecule has 5 heteroatoms. The lowest BCUT2D eigenvalue weighted by Crippen LogP contribution is -2.02. The average molecular weight is 318 g/mol. The Hall–Kier alpha value is -3.47. The Bertz CT molecular complexity index is 871. The van der Waals surface area contributed by atoms with Crippen molar-refractivity contribution in [1.29, 1.82) is 0 Å². The fraction of sp³-hybridized carbons (Fsp3) is 0. The number of benzene rings is 3. The predicted octanol–water partition coefficient (Wildman–Crippen LogP) is 4.49. The third-order valence-corrected chi connectivity index (χ3v) is 3.72. The lowest BCUT2D eigenvalue weighted by Gasteiger charge is -2.07. The Morgan fingerprint density at radius 3 is 1.79 bits per heavy atom. The minimum atomic E-state index is -0.420. The second-order valence-corrected chi connectivity index (χ2v) is 5.20. The molecule has 3 aromatic rings. The fourth-order valence-corrected chi connectivity index (χ4v) is 2.47. The van der Waals surface area contributed by atoms with Crippen LogP contribution in [0.15, 0.2) is 84.0 Å². The summed E-state index contributed by atoms with van der Waals surface area (Å²) in [6.07, 6.45) is 0. The Kier molecular flexibility index (Phi) is 4.34. The number of non-ortho nitro benzene ring substituents is 1. The van der Waals surface area contributed by atoms with Gasteiger partial charge in [0.15, 0.2) is 0 Å². The molecule has 0 bridgehead atoms. The van der Waals surface area contributed by atoms with Crippen molar-refractivity contribution < 1.29 is 10.1 Å². The maximum atomic E-state index is 10.7. The monoisotopic (exact) mass is 318 g/mol. The van der Waals surface area contributed by atoms with Gasteiger partial charge in [-0.1, -0.05) is 59.8 Å². The molecule has 0 spiro atoms. The lowest BCUT2D eigenvalue weighted by molar-refractivity contribution is -0.384. The molecule has 0 saturated heterocycles. The number of rotatable bonds is 4. The van der Waals surface area contributed by atoms with Crippen molar-refractivity contribution >= 4 is 11.4 Å². The highest BCUT2D eigenvalue weighted by Gasteiger charge is 2.09. The fourth-order valence-electron chi connectivity index (χ4n) is 2.47. The Morgan fingerprint density at radius 1 is 0.792 bits per heavy atom. The van der Waals surface area contributed by atoms with Gasteiger partial charge in [0.2, 0.25) is 0 Å². The van der Waals surface area contributed by atoms with Crippen LogP contribution in [0.2, 0.25) is 0 Å². The zero-order valence-corrected chi connectivity index (χ0v) is 12.7. The molecule has 24 heavy (non-hydrogen) atoms. The van der Waals surface area contributed by atoms with Crippen molar-refractivity contribution in [2.45, 2.75) is 0 Å². The molecule has 3 aromatic carbocycles. The summed E-state index contributed by atoms with van der Waals surface area (Å²) in [5, 5.41) is 23.4. The van der Waals surface area contributed by atoms with Crippen LogP contribution >= 0.6 is 0 Å². The summed E-state index contributed by atoms with van der Waals surface area (Å²) in [5.41, 5.74) is 3.98. The summed E-state index contributed by atoms with van der Waals surface area (Å²) in [6.45, 7) is 0. The minimum absolute atomic E-state index is 0.0640. The largest absolute Gasteiger partial charge is 0.410 e. The second kappa shape index (κ2) is 6.75. The van der Waals surface area contributed by atoms with Gasteiger partial charge in [-0.25, -0.2) is 0 Å². The van der Waals surface area contributed by atoms with Crippen LogP contribution in [-0.2, 0) is 0 Å². The minimum Gasteiger partial charge on any atom is -0.410 e. The summed E-state index contributed by atoms with van der Waals surface area (Å²) < 4.78 is 0. The number of nitro benzene ring substituents is 1. The van der Waals surface area contributed by atoms with E-state index in [1.54, 1.807) is 12.1 Å². The van der Waals surface area contributed by atoms with Gasteiger partial charge in [-0.2, -0.15) is 0 Å². The molecule has 0 aliphatic carbocycles. The van der Waals surface area contributed by atoms with Crippen LogP contribution in [0, 0.1) is 10.1 Å². The molecule has 0 aromatic heterocycles. The molecule has 5 nitrogen and oxygen atoms in total. The number of oxime groups is 1. The molecule has 3 rings (SSSR count). The van der Waals surface area contributed by atoms with E-state index in [1.165, 1.54) is 12.1 Å². The summed E-state index contributed by atoms with van der Waals surface area (Å²) >= 11 is 0. The summed E-state index contributed by atoms with van der Waals surface area (Å²) in [5.74, 6) is 0. The predicted molar refractivity (Wildman–Crippen MR) is 92.4 cm³/mol. The van der Waals surface area contributed by atoms with Crippen LogP contribution in [0.4, 0.5) is 5.69 Å². The summed E-state index contributed by atoms with van der Waals surface area (Å²) in [7, 11) is 0. The standard InChI is InChI=1S/C19H14N2O3/c22-20-19(16-4-2-1-3-5-16)17-8-6-14(7-9-17)15-10-12-18(13-11-15)21(23)24/h1-13,22H. The molecule has 0 heterocycles. The van der Waals surface area contributed by atoms with E-state index in [1.807, 2.05) is 54.6 Å². The first-order valence-corrected chi connectivity index (χ1v) is 7.32. The second-order valence-electron chi connectivity index (χ2n) is 5.20. The topological polar surface area (TPSA) is 75.7 Å². The summed E-state index contributed by atoms with van der Waals surface area (Å²) in [6, 6.07) is 23.3. The highest BCUT2D eigenvalue weighted by molar-refractivity contribution is 6.12. The first-order chi connectivity index (χ1) is 11.7. The van der Waals surface area contributed by atoms with Crippen molar-refractivity contribution in [3.05, 3.63) is 100 Å². The molecule has 118 valence electrons. The van der Waals surface area contributed by atoms with Crippen molar-refractivity contribution in [2.24, 2.45) is 5.16 Å². The maximum Gasteiger partial charge on any atom is 0.269 e. The average Bonchev–Trinajstić information content (AvgIpc) is 2.64. The van der Waals surface area contributed by atoms with E-state index in [4.69, 9.17) is 0 Å². The van der Waals surface area contributed by atoms with E-state index >= 15 is 0 Å². The van der Waals surface area contributed by atoms with Gasteiger partial charge in [0.05, 0.1) is 4.92 Å². The molecule has 0 saturated carbocycles. The Labute approximate surface area is 138 Å². The molecule has 0 amide bonds. The van der Waals surface area contributed by atoms with E-state index < -0.39 is 4.92 Å². The van der Waals surface area contributed by atoms with E-state index in [-0.39, 0.29) is 5.69 Å². The van der Waals surface area contributed by atoms with Crippen molar-refractivity contribution in [3.8, 4) is 11.1 Å². The maximum absolute atomic E-state index is 10.7. The van der Waals surface area contributed by atoms with Crippen molar-refractivity contribution in [1.82, 2.24) is 0 Å². The van der Waals surface area contributed by atoms with Crippen LogP contribution in [0.5, 0.6) is 0 Å². The van der Waals surface area contributed by atoms with Crippen LogP contribution in [0.25, 0.3) is 11.1 Å². The van der Waals surface area contributed by atoms with Gasteiger partial charge in [-0.05, 0) is 23.3 Å². The highest BCUT2D eigenvalue weighted by atomic mass is 16.6. The highest BCUT2D eigenvalue weighted by Crippen LogP contribution is 2.23. The van der Waals surface area contributed by atoms with Gasteiger partial charge in [0, 0.05) is 23.3 Å². The number of hydrogen-bond donors (Lipinski definition) is 1. The van der Waals surface area contributed by atoms with Crippen LogP contribution in [-0.4, -0.2) is 15.8 Å². The molecule has 0 aliphatic heterocycles. The number of nitrogens with zero attached hydrogens (tertiary/aromatic N) is 2.